The van der Waals surface area contributed by atoms with Crippen LogP contribution in [-0.4, -0.2) is 22.9 Å². The largest absolute Gasteiger partial charge is 0.387 e. The first-order chi connectivity index (χ1) is 12.6. The van der Waals surface area contributed by atoms with Crippen molar-refractivity contribution in [1.82, 2.24) is 4.67 Å². The average Bonchev–Trinajstić information content (AvgIpc) is 2.70. The van der Waals surface area contributed by atoms with Crippen LogP contribution in [0, 0.1) is 6.92 Å². The van der Waals surface area contributed by atoms with Crippen molar-refractivity contribution in [3.63, 3.8) is 0 Å². The van der Waals surface area contributed by atoms with Gasteiger partial charge in [0.05, 0.1) is 6.10 Å². The van der Waals surface area contributed by atoms with Crippen molar-refractivity contribution in [3.8, 4) is 0 Å². The molecule has 0 spiro atoms. The molecule has 3 aromatic rings. The zero-order chi connectivity index (χ0) is 18.5. The number of hydrogen-bond acceptors (Lipinski definition) is 2. The number of nitrogens with zero attached hydrogens (tertiary/aromatic N) is 1. The van der Waals surface area contributed by atoms with Crippen molar-refractivity contribution >= 4 is 18.7 Å². The highest BCUT2D eigenvalue weighted by Crippen LogP contribution is 2.41. The third kappa shape index (κ3) is 4.04. The molecule has 0 fully saturated rings. The van der Waals surface area contributed by atoms with Crippen molar-refractivity contribution in [2.45, 2.75) is 26.0 Å². The summed E-state index contributed by atoms with van der Waals surface area (Å²) in [6, 6.07) is 29.1. The van der Waals surface area contributed by atoms with Crippen LogP contribution in [0.15, 0.2) is 84.9 Å². The number of aryl methyl sites for hydroxylation is 1. The van der Waals surface area contributed by atoms with Crippen LogP contribution >= 0.6 is 8.07 Å². The van der Waals surface area contributed by atoms with E-state index in [1.54, 1.807) is 0 Å². The second kappa shape index (κ2) is 8.60. The third-order valence-corrected chi connectivity index (χ3v) is 7.59. The molecule has 0 bridgehead atoms. The lowest BCUT2D eigenvalue weighted by Crippen LogP contribution is -2.36. The molecule has 134 valence electrons. The van der Waals surface area contributed by atoms with Crippen LogP contribution in [0.4, 0.5) is 0 Å². The van der Waals surface area contributed by atoms with Crippen LogP contribution in [-0.2, 0) is 0 Å². The molecule has 0 aliphatic heterocycles. The number of hydrogen-bond donors (Lipinski definition) is 1. The van der Waals surface area contributed by atoms with E-state index >= 15 is 0 Å². The molecular weight excluding hydrogens is 337 g/mol. The van der Waals surface area contributed by atoms with Gasteiger partial charge < -0.3 is 5.11 Å². The van der Waals surface area contributed by atoms with Gasteiger partial charge in [-0.05, 0) is 42.6 Å². The Bertz CT molecular complexity index is 822. The highest BCUT2D eigenvalue weighted by atomic mass is 31.1. The molecule has 0 aromatic heterocycles. The Kier molecular flexibility index (Phi) is 6.21. The molecule has 3 aromatic carbocycles. The lowest BCUT2D eigenvalue weighted by atomic mass is 10.0. The molecule has 0 saturated carbocycles. The summed E-state index contributed by atoms with van der Waals surface area (Å²) in [5.41, 5.74) is 2.25. The lowest BCUT2D eigenvalue weighted by molar-refractivity contribution is 0.111. The summed E-state index contributed by atoms with van der Waals surface area (Å²) in [6.45, 7) is 4.27. The normalized spacial score (nSPS) is 14.8. The molecule has 26 heavy (non-hydrogen) atoms. The molecule has 0 aliphatic carbocycles. The Morgan fingerprint density at radius 2 is 1.35 bits per heavy atom. The number of aliphatic hydroxyl groups is 1. The zero-order valence-corrected chi connectivity index (χ0v) is 16.5. The first-order valence-electron chi connectivity index (χ1n) is 8.96. The average molecular weight is 363 g/mol. The fourth-order valence-corrected chi connectivity index (χ4v) is 5.74. The van der Waals surface area contributed by atoms with Gasteiger partial charge in [-0.1, -0.05) is 84.9 Å². The second-order valence-corrected chi connectivity index (χ2v) is 8.86. The summed E-state index contributed by atoms with van der Waals surface area (Å²) >= 11 is 0. The first kappa shape index (κ1) is 18.8. The minimum absolute atomic E-state index is 0.0108. The Morgan fingerprint density at radius 3 is 1.96 bits per heavy atom. The van der Waals surface area contributed by atoms with Crippen molar-refractivity contribution < 1.29 is 5.11 Å². The maximum absolute atomic E-state index is 10.9. The molecule has 1 unspecified atom stereocenters. The van der Waals surface area contributed by atoms with Gasteiger partial charge in [0.1, 0.15) is 0 Å². The fraction of sp³-hybridized carbons (Fsp3) is 0.217. The number of aliphatic hydroxyl groups excluding tert-OH is 1. The van der Waals surface area contributed by atoms with Crippen molar-refractivity contribution in [2.75, 3.05) is 7.05 Å². The summed E-state index contributed by atoms with van der Waals surface area (Å²) in [4.78, 5) is 0. The fourth-order valence-electron chi connectivity index (χ4n) is 3.18. The monoisotopic (exact) mass is 363 g/mol. The summed E-state index contributed by atoms with van der Waals surface area (Å²) in [6.07, 6.45) is -0.529. The Labute approximate surface area is 157 Å². The molecule has 2 nitrogen and oxygen atoms in total. The Hall–Kier alpha value is -1.99. The van der Waals surface area contributed by atoms with E-state index < -0.39 is 14.2 Å². The van der Waals surface area contributed by atoms with Gasteiger partial charge in [0.2, 0.25) is 0 Å². The Balaban J connectivity index is 1.98. The quantitative estimate of drug-likeness (QED) is 0.657. The Morgan fingerprint density at radius 1 is 0.808 bits per heavy atom. The highest BCUT2D eigenvalue weighted by molar-refractivity contribution is 7.70. The van der Waals surface area contributed by atoms with E-state index in [1.807, 2.05) is 30.3 Å². The minimum atomic E-state index is -0.722. The first-order valence-corrected chi connectivity index (χ1v) is 10.3. The smallest absolute Gasteiger partial charge is 0.0945 e. The summed E-state index contributed by atoms with van der Waals surface area (Å²) in [5, 5.41) is 13.6. The molecule has 3 rings (SSSR count). The van der Waals surface area contributed by atoms with Crippen molar-refractivity contribution in [2.24, 2.45) is 0 Å². The molecule has 3 atom stereocenters. The van der Waals surface area contributed by atoms with E-state index in [2.05, 4.69) is 80.2 Å². The van der Waals surface area contributed by atoms with Gasteiger partial charge in [-0.3, -0.25) is 4.67 Å². The second-order valence-electron chi connectivity index (χ2n) is 6.60. The molecule has 0 radical (unpaired) electrons. The molecule has 0 heterocycles. The summed E-state index contributed by atoms with van der Waals surface area (Å²) in [7, 11) is 1.41. The standard InChI is InChI=1S/C23H26NOP/c1-18-12-10-11-17-22(18)26(21-15-8-5-9-16-21)24(3)19(2)23(25)20-13-6-4-7-14-20/h4-17,19,23,25H,1-3H3/t19-,23-,26?/m1/s1. The van der Waals surface area contributed by atoms with Gasteiger partial charge in [-0.15, -0.1) is 0 Å². The van der Waals surface area contributed by atoms with Gasteiger partial charge in [0.15, 0.2) is 0 Å². The molecule has 0 aliphatic rings. The van der Waals surface area contributed by atoms with E-state index in [4.69, 9.17) is 0 Å². The maximum atomic E-state index is 10.9. The van der Waals surface area contributed by atoms with Gasteiger partial charge in [-0.25, -0.2) is 0 Å². The van der Waals surface area contributed by atoms with Crippen LogP contribution in [0.25, 0.3) is 0 Å². The van der Waals surface area contributed by atoms with Crippen LogP contribution < -0.4 is 10.6 Å². The van der Waals surface area contributed by atoms with Gasteiger partial charge in [0, 0.05) is 14.1 Å². The zero-order valence-electron chi connectivity index (χ0n) is 15.6. The predicted molar refractivity (Wildman–Crippen MR) is 112 cm³/mol. The molecule has 0 amide bonds. The van der Waals surface area contributed by atoms with E-state index in [0.29, 0.717) is 0 Å². The number of likely N-dealkylation sites (N-methyl/N-ethyl adjacent to an activating group) is 1. The molecule has 1 N–H and O–H groups in total. The maximum Gasteiger partial charge on any atom is 0.0945 e. The van der Waals surface area contributed by atoms with Crippen LogP contribution in [0.1, 0.15) is 24.2 Å². The summed E-state index contributed by atoms with van der Waals surface area (Å²) in [5.74, 6) is 0. The SMILES string of the molecule is Cc1ccccc1P(c1ccccc1)N(C)[C@H](C)[C@@H](O)c1ccccc1. The van der Waals surface area contributed by atoms with E-state index in [0.717, 1.165) is 5.56 Å². The van der Waals surface area contributed by atoms with E-state index in [9.17, 15) is 5.11 Å². The molecular formula is C23H26NOP. The van der Waals surface area contributed by atoms with E-state index in [-0.39, 0.29) is 6.04 Å². The topological polar surface area (TPSA) is 23.5 Å². The van der Waals surface area contributed by atoms with Gasteiger partial charge in [-0.2, -0.15) is 0 Å². The van der Waals surface area contributed by atoms with Gasteiger partial charge in [0.25, 0.3) is 0 Å². The van der Waals surface area contributed by atoms with E-state index in [1.165, 1.54) is 16.2 Å². The molecule has 3 heteroatoms. The van der Waals surface area contributed by atoms with Crippen LogP contribution in [0.5, 0.6) is 0 Å². The lowest BCUT2D eigenvalue weighted by Gasteiger charge is -2.36. The third-order valence-electron chi connectivity index (χ3n) is 4.85. The minimum Gasteiger partial charge on any atom is -0.387 e. The number of rotatable bonds is 6. The summed E-state index contributed by atoms with van der Waals surface area (Å²) < 4.78 is 2.34. The van der Waals surface area contributed by atoms with Gasteiger partial charge >= 0.3 is 0 Å². The van der Waals surface area contributed by atoms with Crippen LogP contribution in [0.3, 0.4) is 0 Å². The van der Waals surface area contributed by atoms with Crippen molar-refractivity contribution in [3.05, 3.63) is 96.1 Å². The number of benzene rings is 3. The predicted octanol–water partition coefficient (Wildman–Crippen LogP) is 4.40. The molecule has 0 saturated heterocycles. The highest BCUT2D eigenvalue weighted by Gasteiger charge is 2.29. The van der Waals surface area contributed by atoms with Crippen molar-refractivity contribution in [1.29, 1.82) is 0 Å². The van der Waals surface area contributed by atoms with Crippen LogP contribution in [0.2, 0.25) is 0 Å².